The van der Waals surface area contributed by atoms with Gasteiger partial charge in [-0.15, -0.1) is 0 Å². The zero-order valence-corrected chi connectivity index (χ0v) is 14.2. The van der Waals surface area contributed by atoms with Crippen LogP contribution in [0.3, 0.4) is 0 Å². The van der Waals surface area contributed by atoms with Crippen molar-refractivity contribution in [3.05, 3.63) is 0 Å². The molecule has 0 unspecified atom stereocenters. The van der Waals surface area contributed by atoms with E-state index in [0.717, 1.165) is 63.2 Å². The number of nitrogens with zero attached hydrogens (tertiary/aromatic N) is 1. The molecule has 0 spiro atoms. The zero-order valence-electron chi connectivity index (χ0n) is 14.2. The van der Waals surface area contributed by atoms with Gasteiger partial charge in [0.05, 0.1) is 17.1 Å². The Labute approximate surface area is 130 Å². The number of rotatable bonds is 4. The van der Waals surface area contributed by atoms with E-state index in [1.807, 2.05) is 0 Å². The summed E-state index contributed by atoms with van der Waals surface area (Å²) in [5.41, 5.74) is -1.18. The van der Waals surface area contributed by atoms with Crippen LogP contribution in [0, 0.1) is 34.5 Å². The van der Waals surface area contributed by atoms with Crippen molar-refractivity contribution in [2.75, 3.05) is 0 Å². The molecule has 2 nitrogen and oxygen atoms in total. The third-order valence-electron chi connectivity index (χ3n) is 6.56. The van der Waals surface area contributed by atoms with Crippen LogP contribution in [0.25, 0.3) is 0 Å². The molecular formula is C19H33NO. The van der Waals surface area contributed by atoms with Crippen LogP contribution in [0.2, 0.25) is 0 Å². The van der Waals surface area contributed by atoms with E-state index in [0.29, 0.717) is 5.92 Å². The van der Waals surface area contributed by atoms with E-state index in [-0.39, 0.29) is 0 Å². The van der Waals surface area contributed by atoms with Crippen molar-refractivity contribution in [1.82, 2.24) is 0 Å². The van der Waals surface area contributed by atoms with Crippen molar-refractivity contribution in [3.8, 4) is 6.07 Å². The van der Waals surface area contributed by atoms with Crippen LogP contribution < -0.4 is 0 Å². The van der Waals surface area contributed by atoms with Gasteiger partial charge in [-0.1, -0.05) is 33.6 Å². The molecular weight excluding hydrogens is 258 g/mol. The van der Waals surface area contributed by atoms with Crippen LogP contribution in [0.1, 0.15) is 85.0 Å². The second kappa shape index (κ2) is 6.69. The third-order valence-corrected chi connectivity index (χ3v) is 6.56. The Balaban J connectivity index is 2.03. The Hall–Kier alpha value is -0.550. The fourth-order valence-corrected chi connectivity index (χ4v) is 4.81. The molecule has 0 aromatic carbocycles. The van der Waals surface area contributed by atoms with E-state index in [1.54, 1.807) is 0 Å². The highest BCUT2D eigenvalue weighted by Gasteiger charge is 2.53. The van der Waals surface area contributed by atoms with Crippen LogP contribution in [0.15, 0.2) is 0 Å². The Morgan fingerprint density at radius 2 is 1.67 bits per heavy atom. The van der Waals surface area contributed by atoms with Gasteiger partial charge in [-0.25, -0.2) is 0 Å². The van der Waals surface area contributed by atoms with Crippen LogP contribution >= 0.6 is 0 Å². The minimum atomic E-state index is -0.714. The van der Waals surface area contributed by atoms with Gasteiger partial charge in [0.2, 0.25) is 0 Å². The number of hydrogen-bond donors (Lipinski definition) is 1. The minimum absolute atomic E-state index is 0.463. The normalized spacial score (nSPS) is 41.0. The molecule has 2 rings (SSSR count). The summed E-state index contributed by atoms with van der Waals surface area (Å²) in [4.78, 5) is 0. The molecule has 2 aliphatic carbocycles. The molecule has 0 aromatic heterocycles. The summed E-state index contributed by atoms with van der Waals surface area (Å²) in [7, 11) is 0. The monoisotopic (exact) mass is 291 g/mol. The lowest BCUT2D eigenvalue weighted by atomic mass is 9.56. The SMILES string of the molecule is CCCC1CCC(O)(C2(C#N)CCC(C(C)C)CC2)CC1. The molecule has 21 heavy (non-hydrogen) atoms. The maximum atomic E-state index is 11.2. The molecule has 2 fully saturated rings. The number of aliphatic hydroxyl groups is 1. The lowest BCUT2D eigenvalue weighted by Gasteiger charge is -2.50. The summed E-state index contributed by atoms with van der Waals surface area (Å²) in [6, 6.07) is 2.58. The first-order chi connectivity index (χ1) is 9.96. The molecule has 2 aliphatic rings. The van der Waals surface area contributed by atoms with Crippen LogP contribution in [0.4, 0.5) is 0 Å². The number of nitriles is 1. The van der Waals surface area contributed by atoms with E-state index in [9.17, 15) is 10.4 Å². The predicted molar refractivity (Wildman–Crippen MR) is 86.7 cm³/mol. The Morgan fingerprint density at radius 1 is 1.10 bits per heavy atom. The van der Waals surface area contributed by atoms with Gasteiger partial charge < -0.3 is 5.11 Å². The highest BCUT2D eigenvalue weighted by Crippen LogP contribution is 2.53. The zero-order chi connectivity index (χ0) is 15.5. The lowest BCUT2D eigenvalue weighted by molar-refractivity contribution is -0.111. The molecule has 120 valence electrons. The smallest absolute Gasteiger partial charge is 0.0860 e. The fourth-order valence-electron chi connectivity index (χ4n) is 4.81. The van der Waals surface area contributed by atoms with Gasteiger partial charge >= 0.3 is 0 Å². The van der Waals surface area contributed by atoms with Crippen molar-refractivity contribution in [3.63, 3.8) is 0 Å². The van der Waals surface area contributed by atoms with Gasteiger partial charge in [-0.05, 0) is 69.1 Å². The number of hydrogen-bond acceptors (Lipinski definition) is 2. The molecule has 0 amide bonds. The van der Waals surface area contributed by atoms with Crippen LogP contribution in [0.5, 0.6) is 0 Å². The summed E-state index contributed by atoms with van der Waals surface area (Å²) in [5.74, 6) is 2.22. The van der Waals surface area contributed by atoms with Crippen molar-refractivity contribution in [1.29, 1.82) is 5.26 Å². The van der Waals surface area contributed by atoms with Gasteiger partial charge in [0.25, 0.3) is 0 Å². The highest BCUT2D eigenvalue weighted by atomic mass is 16.3. The highest BCUT2D eigenvalue weighted by molar-refractivity contribution is 5.14. The second-order valence-corrected chi connectivity index (χ2v) is 8.04. The van der Waals surface area contributed by atoms with Gasteiger partial charge in [-0.3, -0.25) is 0 Å². The average molecular weight is 291 g/mol. The largest absolute Gasteiger partial charge is 0.388 e. The molecule has 0 aliphatic heterocycles. The summed E-state index contributed by atoms with van der Waals surface area (Å²) >= 11 is 0. The maximum absolute atomic E-state index is 11.2. The first-order valence-electron chi connectivity index (χ1n) is 9.10. The van der Waals surface area contributed by atoms with Crippen LogP contribution in [-0.2, 0) is 0 Å². The standard InChI is InChI=1S/C19H33NO/c1-4-5-16-6-12-19(21,13-7-16)18(14-20)10-8-17(9-11-18)15(2)3/h15-17,21H,4-13H2,1-3H3. The first-order valence-corrected chi connectivity index (χ1v) is 9.10. The molecule has 0 aromatic rings. The molecule has 2 heteroatoms. The topological polar surface area (TPSA) is 44.0 Å². The molecule has 1 N–H and O–H groups in total. The Morgan fingerprint density at radius 3 is 2.10 bits per heavy atom. The van der Waals surface area contributed by atoms with E-state index in [4.69, 9.17) is 0 Å². The van der Waals surface area contributed by atoms with Crippen molar-refractivity contribution in [2.45, 2.75) is 90.6 Å². The van der Waals surface area contributed by atoms with E-state index >= 15 is 0 Å². The Kier molecular flexibility index (Phi) is 5.36. The molecule has 0 radical (unpaired) electrons. The van der Waals surface area contributed by atoms with E-state index in [2.05, 4.69) is 26.8 Å². The van der Waals surface area contributed by atoms with Gasteiger partial charge in [0, 0.05) is 0 Å². The maximum Gasteiger partial charge on any atom is 0.0860 e. The summed E-state index contributed by atoms with van der Waals surface area (Å²) in [6.45, 7) is 6.81. The first kappa shape index (κ1) is 16.8. The lowest BCUT2D eigenvalue weighted by Crippen LogP contribution is -2.51. The fraction of sp³-hybridized carbons (Fsp3) is 0.947. The predicted octanol–water partition coefficient (Wildman–Crippen LogP) is 5.06. The van der Waals surface area contributed by atoms with Crippen molar-refractivity contribution in [2.24, 2.45) is 23.2 Å². The molecule has 0 bridgehead atoms. The van der Waals surface area contributed by atoms with Crippen molar-refractivity contribution < 1.29 is 5.11 Å². The second-order valence-electron chi connectivity index (χ2n) is 8.04. The summed E-state index contributed by atoms with van der Waals surface area (Å²) in [6.07, 6.45) is 10.5. The average Bonchev–Trinajstić information content (AvgIpc) is 2.50. The van der Waals surface area contributed by atoms with E-state index < -0.39 is 11.0 Å². The minimum Gasteiger partial charge on any atom is -0.388 e. The van der Waals surface area contributed by atoms with Gasteiger partial charge in [0.1, 0.15) is 0 Å². The molecule has 2 saturated carbocycles. The van der Waals surface area contributed by atoms with E-state index in [1.165, 1.54) is 12.8 Å². The third kappa shape index (κ3) is 3.29. The molecule has 0 heterocycles. The summed E-state index contributed by atoms with van der Waals surface area (Å²) < 4.78 is 0. The molecule has 0 saturated heterocycles. The van der Waals surface area contributed by atoms with Crippen LogP contribution in [-0.4, -0.2) is 10.7 Å². The summed E-state index contributed by atoms with van der Waals surface area (Å²) in [5, 5.41) is 21.1. The quantitative estimate of drug-likeness (QED) is 0.786. The van der Waals surface area contributed by atoms with Crippen molar-refractivity contribution >= 4 is 0 Å². The Bertz CT molecular complexity index is 366. The molecule has 0 atom stereocenters. The van der Waals surface area contributed by atoms with Gasteiger partial charge in [0.15, 0.2) is 0 Å². The van der Waals surface area contributed by atoms with Gasteiger partial charge in [-0.2, -0.15) is 5.26 Å².